The first-order valence-electron chi connectivity index (χ1n) is 9.49. The summed E-state index contributed by atoms with van der Waals surface area (Å²) in [7, 11) is 1.73. The van der Waals surface area contributed by atoms with Gasteiger partial charge >= 0.3 is 0 Å². The Morgan fingerprint density at radius 1 is 0.926 bits per heavy atom. The van der Waals surface area contributed by atoms with E-state index in [4.69, 9.17) is 4.74 Å². The third kappa shape index (κ3) is 4.88. The Bertz CT molecular complexity index is 768. The van der Waals surface area contributed by atoms with Crippen molar-refractivity contribution in [2.45, 2.75) is 25.7 Å². The molecule has 1 aliphatic heterocycles. The summed E-state index contributed by atoms with van der Waals surface area (Å²) in [4.78, 5) is 28.8. The minimum absolute atomic E-state index is 0.0180. The van der Waals surface area contributed by atoms with Crippen LogP contribution in [0.15, 0.2) is 54.6 Å². The molecular formula is C22H26N2O3. The van der Waals surface area contributed by atoms with Crippen molar-refractivity contribution in [3.63, 3.8) is 0 Å². The number of nitrogens with zero attached hydrogens (tertiary/aromatic N) is 2. The van der Waals surface area contributed by atoms with Gasteiger partial charge in [-0.25, -0.2) is 0 Å². The molecule has 2 aromatic carbocycles. The summed E-state index contributed by atoms with van der Waals surface area (Å²) in [5.74, 6) is 0.253. The molecule has 2 aromatic rings. The van der Waals surface area contributed by atoms with Crippen molar-refractivity contribution < 1.29 is 14.3 Å². The van der Waals surface area contributed by atoms with Crippen LogP contribution in [0.4, 0.5) is 5.69 Å². The Kier molecular flexibility index (Phi) is 6.47. The summed E-state index contributed by atoms with van der Waals surface area (Å²) in [5.41, 5.74) is 1.26. The van der Waals surface area contributed by atoms with Crippen LogP contribution < -0.4 is 9.64 Å². The van der Waals surface area contributed by atoms with E-state index in [2.05, 4.69) is 0 Å². The average molecular weight is 366 g/mol. The Labute approximate surface area is 160 Å². The second kappa shape index (κ2) is 9.21. The monoisotopic (exact) mass is 366 g/mol. The molecule has 0 bridgehead atoms. The zero-order chi connectivity index (χ0) is 19.1. The molecule has 0 saturated carbocycles. The lowest BCUT2D eigenvalue weighted by atomic mass is 10.1. The first-order chi connectivity index (χ1) is 13.2. The van der Waals surface area contributed by atoms with Gasteiger partial charge in [0, 0.05) is 25.8 Å². The van der Waals surface area contributed by atoms with Gasteiger partial charge in [0.05, 0.1) is 5.56 Å². The Morgan fingerprint density at radius 2 is 1.56 bits per heavy atom. The second-order valence-electron chi connectivity index (χ2n) is 6.78. The van der Waals surface area contributed by atoms with Crippen molar-refractivity contribution in [2.24, 2.45) is 0 Å². The van der Waals surface area contributed by atoms with Gasteiger partial charge in [-0.3, -0.25) is 9.59 Å². The molecule has 3 rings (SSSR count). The number of likely N-dealkylation sites (tertiary alicyclic amines) is 1. The van der Waals surface area contributed by atoms with E-state index in [-0.39, 0.29) is 18.4 Å². The number of para-hydroxylation sites is 2. The number of carbonyl (C=O) groups excluding carboxylic acids is 2. The molecule has 0 aromatic heterocycles. The van der Waals surface area contributed by atoms with Gasteiger partial charge in [0.1, 0.15) is 5.75 Å². The molecule has 0 N–H and O–H groups in total. The van der Waals surface area contributed by atoms with Crippen LogP contribution in [0.2, 0.25) is 0 Å². The summed E-state index contributed by atoms with van der Waals surface area (Å²) >= 11 is 0. The predicted octanol–water partition coefficient (Wildman–Crippen LogP) is 3.74. The number of hydrogen-bond donors (Lipinski definition) is 0. The second-order valence-corrected chi connectivity index (χ2v) is 6.78. The standard InChI is InChI=1S/C22H26N2O3/c1-23(18-11-5-4-6-12-18)22(26)19-13-7-8-14-20(19)27-17-21(25)24-15-9-2-3-10-16-24/h4-8,11-14H,2-3,9-10,15-17H2,1H3. The summed E-state index contributed by atoms with van der Waals surface area (Å²) in [6, 6.07) is 16.5. The van der Waals surface area contributed by atoms with E-state index in [9.17, 15) is 9.59 Å². The lowest BCUT2D eigenvalue weighted by Crippen LogP contribution is -2.35. The number of anilines is 1. The van der Waals surface area contributed by atoms with Crippen LogP contribution in [0.3, 0.4) is 0 Å². The highest BCUT2D eigenvalue weighted by Gasteiger charge is 2.20. The maximum absolute atomic E-state index is 12.9. The molecule has 1 aliphatic rings. The van der Waals surface area contributed by atoms with Crippen molar-refractivity contribution in [1.82, 2.24) is 4.90 Å². The van der Waals surface area contributed by atoms with Crippen LogP contribution in [-0.2, 0) is 4.79 Å². The van der Waals surface area contributed by atoms with Crippen molar-refractivity contribution in [3.05, 3.63) is 60.2 Å². The molecule has 0 atom stereocenters. The van der Waals surface area contributed by atoms with E-state index in [1.807, 2.05) is 41.3 Å². The molecule has 142 valence electrons. The molecule has 27 heavy (non-hydrogen) atoms. The lowest BCUT2D eigenvalue weighted by molar-refractivity contribution is -0.133. The molecule has 0 radical (unpaired) electrons. The SMILES string of the molecule is CN(C(=O)c1ccccc1OCC(=O)N1CCCCCC1)c1ccccc1. The van der Waals surface area contributed by atoms with Crippen LogP contribution in [0.25, 0.3) is 0 Å². The summed E-state index contributed by atoms with van der Waals surface area (Å²) in [5, 5.41) is 0. The highest BCUT2D eigenvalue weighted by molar-refractivity contribution is 6.07. The molecule has 0 unspecified atom stereocenters. The molecule has 5 nitrogen and oxygen atoms in total. The zero-order valence-corrected chi connectivity index (χ0v) is 15.8. The van der Waals surface area contributed by atoms with Crippen LogP contribution in [-0.4, -0.2) is 43.5 Å². The third-order valence-electron chi connectivity index (χ3n) is 4.88. The maximum Gasteiger partial charge on any atom is 0.261 e. The lowest BCUT2D eigenvalue weighted by Gasteiger charge is -2.22. The smallest absolute Gasteiger partial charge is 0.261 e. The maximum atomic E-state index is 12.9. The van der Waals surface area contributed by atoms with E-state index >= 15 is 0 Å². The number of hydrogen-bond acceptors (Lipinski definition) is 3. The zero-order valence-electron chi connectivity index (χ0n) is 15.8. The van der Waals surface area contributed by atoms with Crippen molar-refractivity contribution in [1.29, 1.82) is 0 Å². The van der Waals surface area contributed by atoms with Crippen LogP contribution >= 0.6 is 0 Å². The molecule has 1 heterocycles. The highest BCUT2D eigenvalue weighted by Crippen LogP contribution is 2.22. The van der Waals surface area contributed by atoms with E-state index in [0.29, 0.717) is 11.3 Å². The summed E-state index contributed by atoms with van der Waals surface area (Å²) < 4.78 is 5.76. The van der Waals surface area contributed by atoms with Crippen molar-refractivity contribution in [2.75, 3.05) is 31.6 Å². The quantitative estimate of drug-likeness (QED) is 0.810. The average Bonchev–Trinajstić information content (AvgIpc) is 3.01. The van der Waals surface area contributed by atoms with Crippen molar-refractivity contribution >= 4 is 17.5 Å². The molecule has 0 aliphatic carbocycles. The number of benzene rings is 2. The Balaban J connectivity index is 1.68. The van der Waals surface area contributed by atoms with Gasteiger partial charge in [0.25, 0.3) is 11.8 Å². The molecular weight excluding hydrogens is 340 g/mol. The van der Waals surface area contributed by atoms with Gasteiger partial charge in [-0.1, -0.05) is 43.2 Å². The number of ether oxygens (including phenoxy) is 1. The first kappa shape index (κ1) is 19.0. The van der Waals surface area contributed by atoms with Gasteiger partial charge < -0.3 is 14.5 Å². The van der Waals surface area contributed by atoms with E-state index in [1.54, 1.807) is 30.1 Å². The molecule has 5 heteroatoms. The van der Waals surface area contributed by atoms with E-state index in [1.165, 1.54) is 12.8 Å². The van der Waals surface area contributed by atoms with Gasteiger partial charge in [0.15, 0.2) is 6.61 Å². The summed E-state index contributed by atoms with van der Waals surface area (Å²) in [6.45, 7) is 1.54. The first-order valence-corrected chi connectivity index (χ1v) is 9.49. The Hall–Kier alpha value is -2.82. The van der Waals surface area contributed by atoms with Gasteiger partial charge in [-0.15, -0.1) is 0 Å². The molecule has 1 saturated heterocycles. The van der Waals surface area contributed by atoms with Gasteiger partial charge in [0.2, 0.25) is 0 Å². The number of carbonyl (C=O) groups is 2. The largest absolute Gasteiger partial charge is 0.483 e. The van der Waals surface area contributed by atoms with Crippen molar-refractivity contribution in [3.8, 4) is 5.75 Å². The normalized spacial score (nSPS) is 14.3. The fraction of sp³-hybridized carbons (Fsp3) is 0.364. The van der Waals surface area contributed by atoms with Gasteiger partial charge in [-0.2, -0.15) is 0 Å². The van der Waals surface area contributed by atoms with E-state index < -0.39 is 0 Å². The van der Waals surface area contributed by atoms with Crippen LogP contribution in [0.1, 0.15) is 36.0 Å². The molecule has 1 fully saturated rings. The topological polar surface area (TPSA) is 49.9 Å². The minimum atomic E-state index is -0.168. The van der Waals surface area contributed by atoms with E-state index in [0.717, 1.165) is 31.6 Å². The summed E-state index contributed by atoms with van der Waals surface area (Å²) in [6.07, 6.45) is 4.44. The highest BCUT2D eigenvalue weighted by atomic mass is 16.5. The van der Waals surface area contributed by atoms with Crippen LogP contribution in [0.5, 0.6) is 5.75 Å². The molecule has 0 spiro atoms. The minimum Gasteiger partial charge on any atom is -0.483 e. The fourth-order valence-electron chi connectivity index (χ4n) is 3.27. The predicted molar refractivity (Wildman–Crippen MR) is 106 cm³/mol. The molecule has 2 amide bonds. The Morgan fingerprint density at radius 3 is 2.26 bits per heavy atom. The number of rotatable bonds is 5. The number of amides is 2. The van der Waals surface area contributed by atoms with Gasteiger partial charge in [-0.05, 0) is 37.1 Å². The van der Waals surface area contributed by atoms with Crippen LogP contribution in [0, 0.1) is 0 Å². The fourth-order valence-corrected chi connectivity index (χ4v) is 3.27. The third-order valence-corrected chi connectivity index (χ3v) is 4.88.